The number of nitrogens with zero attached hydrogens (tertiary/aromatic N) is 1. The molecule has 4 nitrogen and oxygen atoms in total. The summed E-state index contributed by atoms with van der Waals surface area (Å²) in [5.74, 6) is 0.739. The van der Waals surface area contributed by atoms with Crippen LogP contribution in [0.1, 0.15) is 55.6 Å². The first-order chi connectivity index (χ1) is 8.69. The highest BCUT2D eigenvalue weighted by Crippen LogP contribution is 2.38. The Balaban J connectivity index is 1.65. The standard InChI is InChI=1S/C14H21N3O/c1-2-3-9-6-12(9)16-14(18)13-7-10(15)8-17(13)11-4-5-11/h7-9,11-12H,2-6,15H2,1H3,(H,16,18). The van der Waals surface area contributed by atoms with Crippen molar-refractivity contribution in [3.63, 3.8) is 0 Å². The van der Waals surface area contributed by atoms with Gasteiger partial charge in [0, 0.05) is 18.3 Å². The zero-order valence-electron chi connectivity index (χ0n) is 10.9. The summed E-state index contributed by atoms with van der Waals surface area (Å²) in [7, 11) is 0. The second-order valence-electron chi connectivity index (χ2n) is 5.66. The quantitative estimate of drug-likeness (QED) is 0.839. The largest absolute Gasteiger partial charge is 0.397 e. The summed E-state index contributed by atoms with van der Waals surface area (Å²) in [6, 6.07) is 2.68. The van der Waals surface area contributed by atoms with Gasteiger partial charge in [0.15, 0.2) is 0 Å². The van der Waals surface area contributed by atoms with Gasteiger partial charge in [-0.1, -0.05) is 13.3 Å². The van der Waals surface area contributed by atoms with E-state index in [0.717, 1.165) is 25.0 Å². The second kappa shape index (κ2) is 4.34. The minimum Gasteiger partial charge on any atom is -0.397 e. The van der Waals surface area contributed by atoms with Gasteiger partial charge in [-0.2, -0.15) is 0 Å². The molecule has 98 valence electrons. The monoisotopic (exact) mass is 247 g/mol. The SMILES string of the molecule is CCCC1CC1NC(=O)c1cc(N)cn1C1CC1. The first-order valence-electron chi connectivity index (χ1n) is 6.97. The van der Waals surface area contributed by atoms with Crippen LogP contribution in [0.5, 0.6) is 0 Å². The molecule has 0 radical (unpaired) electrons. The minimum absolute atomic E-state index is 0.0437. The van der Waals surface area contributed by atoms with E-state index in [4.69, 9.17) is 5.73 Å². The smallest absolute Gasteiger partial charge is 0.268 e. The molecule has 2 aliphatic carbocycles. The van der Waals surface area contributed by atoms with Crippen LogP contribution in [0.15, 0.2) is 12.3 Å². The number of nitrogens with two attached hydrogens (primary N) is 1. The fourth-order valence-corrected chi connectivity index (χ4v) is 2.69. The summed E-state index contributed by atoms with van der Waals surface area (Å²) in [6.45, 7) is 2.19. The van der Waals surface area contributed by atoms with Crippen LogP contribution in [-0.2, 0) is 0 Å². The molecule has 4 heteroatoms. The Kier molecular flexibility index (Phi) is 2.80. The van der Waals surface area contributed by atoms with Crippen molar-refractivity contribution in [3.05, 3.63) is 18.0 Å². The number of nitrogens with one attached hydrogen (secondary N) is 1. The highest BCUT2D eigenvalue weighted by atomic mass is 16.2. The Morgan fingerprint density at radius 3 is 3.00 bits per heavy atom. The minimum atomic E-state index is 0.0437. The first-order valence-corrected chi connectivity index (χ1v) is 6.97. The van der Waals surface area contributed by atoms with E-state index in [1.54, 1.807) is 6.07 Å². The molecule has 2 unspecified atom stereocenters. The normalized spacial score (nSPS) is 26.1. The van der Waals surface area contributed by atoms with Crippen LogP contribution in [0.3, 0.4) is 0 Å². The molecule has 1 aromatic rings. The molecule has 3 rings (SSSR count). The van der Waals surface area contributed by atoms with Crippen LogP contribution in [0.4, 0.5) is 5.69 Å². The van der Waals surface area contributed by atoms with Gasteiger partial charge in [0.1, 0.15) is 5.69 Å². The highest BCUT2D eigenvalue weighted by molar-refractivity contribution is 5.94. The predicted octanol–water partition coefficient (Wildman–Crippen LogP) is 2.32. The number of nitrogen functional groups attached to an aromatic ring is 1. The summed E-state index contributed by atoms with van der Waals surface area (Å²) >= 11 is 0. The average molecular weight is 247 g/mol. The molecule has 0 aliphatic heterocycles. The van der Waals surface area contributed by atoms with Crippen LogP contribution in [0.25, 0.3) is 0 Å². The Morgan fingerprint density at radius 1 is 1.56 bits per heavy atom. The maximum atomic E-state index is 12.2. The van der Waals surface area contributed by atoms with Gasteiger partial charge in [0.25, 0.3) is 5.91 Å². The second-order valence-corrected chi connectivity index (χ2v) is 5.66. The van der Waals surface area contributed by atoms with Gasteiger partial charge in [-0.25, -0.2) is 0 Å². The molecular formula is C14H21N3O. The van der Waals surface area contributed by atoms with Crippen molar-refractivity contribution in [1.29, 1.82) is 0 Å². The van der Waals surface area contributed by atoms with Crippen molar-refractivity contribution in [2.24, 2.45) is 5.92 Å². The zero-order chi connectivity index (χ0) is 12.7. The molecule has 2 atom stereocenters. The number of carbonyl (C=O) groups is 1. The molecule has 1 heterocycles. The van der Waals surface area contributed by atoms with E-state index in [9.17, 15) is 4.79 Å². The van der Waals surface area contributed by atoms with E-state index in [0.29, 0.717) is 23.7 Å². The summed E-state index contributed by atoms with van der Waals surface area (Å²) in [5.41, 5.74) is 7.22. The van der Waals surface area contributed by atoms with Crippen LogP contribution in [-0.4, -0.2) is 16.5 Å². The van der Waals surface area contributed by atoms with E-state index in [-0.39, 0.29) is 5.91 Å². The van der Waals surface area contributed by atoms with Crippen molar-refractivity contribution in [3.8, 4) is 0 Å². The summed E-state index contributed by atoms with van der Waals surface area (Å²) in [4.78, 5) is 12.2. The lowest BCUT2D eigenvalue weighted by Gasteiger charge is -2.08. The van der Waals surface area contributed by atoms with E-state index in [1.807, 2.05) is 10.8 Å². The van der Waals surface area contributed by atoms with Crippen molar-refractivity contribution >= 4 is 11.6 Å². The number of hydrogen-bond acceptors (Lipinski definition) is 2. The average Bonchev–Trinajstić information content (AvgIpc) is 3.23. The molecule has 18 heavy (non-hydrogen) atoms. The van der Waals surface area contributed by atoms with Gasteiger partial charge in [-0.05, 0) is 37.7 Å². The van der Waals surface area contributed by atoms with E-state index in [1.165, 1.54) is 12.8 Å². The predicted molar refractivity (Wildman–Crippen MR) is 71.4 cm³/mol. The highest BCUT2D eigenvalue weighted by Gasteiger charge is 2.38. The number of amides is 1. The van der Waals surface area contributed by atoms with Gasteiger partial charge in [-0.15, -0.1) is 0 Å². The molecule has 3 N–H and O–H groups in total. The van der Waals surface area contributed by atoms with Gasteiger partial charge >= 0.3 is 0 Å². The molecule has 2 saturated carbocycles. The van der Waals surface area contributed by atoms with Gasteiger partial charge in [0.2, 0.25) is 0 Å². The third-order valence-electron chi connectivity index (χ3n) is 3.94. The van der Waals surface area contributed by atoms with Gasteiger partial charge in [0.05, 0.1) is 5.69 Å². The molecule has 1 amide bonds. The number of aromatic nitrogens is 1. The van der Waals surface area contributed by atoms with Crippen LogP contribution < -0.4 is 11.1 Å². The number of hydrogen-bond donors (Lipinski definition) is 2. The summed E-state index contributed by atoms with van der Waals surface area (Å²) < 4.78 is 2.04. The van der Waals surface area contributed by atoms with Crippen molar-refractivity contribution in [1.82, 2.24) is 9.88 Å². The molecule has 0 spiro atoms. The molecule has 2 aliphatic rings. The lowest BCUT2D eigenvalue weighted by Crippen LogP contribution is -2.28. The summed E-state index contributed by atoms with van der Waals surface area (Å²) in [5, 5.41) is 3.13. The van der Waals surface area contributed by atoms with Crippen molar-refractivity contribution in [2.45, 2.75) is 51.1 Å². The van der Waals surface area contributed by atoms with Crippen molar-refractivity contribution < 1.29 is 4.79 Å². The number of carbonyl (C=O) groups excluding carboxylic acids is 1. The Hall–Kier alpha value is -1.45. The lowest BCUT2D eigenvalue weighted by atomic mass is 10.2. The maximum Gasteiger partial charge on any atom is 0.268 e. The van der Waals surface area contributed by atoms with Gasteiger partial charge in [-0.3, -0.25) is 4.79 Å². The van der Waals surface area contributed by atoms with E-state index < -0.39 is 0 Å². The third-order valence-corrected chi connectivity index (χ3v) is 3.94. The van der Waals surface area contributed by atoms with E-state index in [2.05, 4.69) is 12.2 Å². The van der Waals surface area contributed by atoms with Crippen LogP contribution in [0, 0.1) is 5.92 Å². The topological polar surface area (TPSA) is 60.1 Å². The summed E-state index contributed by atoms with van der Waals surface area (Å²) in [6.07, 6.45) is 7.77. The third kappa shape index (κ3) is 2.24. The number of rotatable bonds is 5. The molecular weight excluding hydrogens is 226 g/mol. The molecule has 0 saturated heterocycles. The number of anilines is 1. The van der Waals surface area contributed by atoms with Crippen LogP contribution >= 0.6 is 0 Å². The first kappa shape index (κ1) is 11.6. The fourth-order valence-electron chi connectivity index (χ4n) is 2.69. The Labute approximate surface area is 108 Å². The zero-order valence-corrected chi connectivity index (χ0v) is 10.9. The maximum absolute atomic E-state index is 12.2. The molecule has 0 aromatic carbocycles. The Morgan fingerprint density at radius 2 is 2.33 bits per heavy atom. The fraction of sp³-hybridized carbons (Fsp3) is 0.643. The molecule has 0 bridgehead atoms. The van der Waals surface area contributed by atoms with Crippen molar-refractivity contribution in [2.75, 3.05) is 5.73 Å². The van der Waals surface area contributed by atoms with Gasteiger partial charge < -0.3 is 15.6 Å². The molecule has 2 fully saturated rings. The molecule has 1 aromatic heterocycles. The van der Waals surface area contributed by atoms with Crippen LogP contribution in [0.2, 0.25) is 0 Å². The lowest BCUT2D eigenvalue weighted by molar-refractivity contribution is 0.0939. The Bertz CT molecular complexity index is 462. The van der Waals surface area contributed by atoms with E-state index >= 15 is 0 Å².